The summed E-state index contributed by atoms with van der Waals surface area (Å²) in [6.45, 7) is 25.2. The van der Waals surface area contributed by atoms with Gasteiger partial charge in [0.2, 0.25) is 0 Å². The molecule has 2 radical (unpaired) electrons. The zero-order valence-electron chi connectivity index (χ0n) is 42.0. The van der Waals surface area contributed by atoms with Crippen LogP contribution >= 0.6 is 24.8 Å². The van der Waals surface area contributed by atoms with Crippen LogP contribution in [0.25, 0.3) is 66.1 Å². The molecule has 0 spiro atoms. The molecule has 0 heterocycles. The molecule has 348 valence electrons. The number of fused-ring (bicyclic) bond motifs is 2. The van der Waals surface area contributed by atoms with Crippen LogP contribution in [-0.4, -0.2) is 6.88 Å². The third-order valence-electron chi connectivity index (χ3n) is 12.2. The van der Waals surface area contributed by atoms with Crippen molar-refractivity contribution in [2.75, 3.05) is 0 Å². The molecule has 4 heteroatoms. The van der Waals surface area contributed by atoms with Crippen LogP contribution in [0.4, 0.5) is 0 Å². The van der Waals surface area contributed by atoms with E-state index in [4.69, 9.17) is 0 Å². The first-order chi connectivity index (χ1) is 29.9. The topological polar surface area (TPSA) is 0 Å². The van der Waals surface area contributed by atoms with E-state index in [9.17, 15) is 0 Å². The Hall–Kier alpha value is -3.78. The van der Waals surface area contributed by atoms with Crippen molar-refractivity contribution >= 4 is 53.2 Å². The normalized spacial score (nSPS) is 10.4. The van der Waals surface area contributed by atoms with Crippen molar-refractivity contribution in [3.8, 4) is 44.5 Å². The minimum atomic E-state index is 0. The van der Waals surface area contributed by atoms with E-state index in [0.717, 1.165) is 0 Å². The molecule has 0 unspecified atom stereocenters. The fraction of sp³-hybridized carbons (Fsp3) is 0.290. The van der Waals surface area contributed by atoms with Crippen LogP contribution in [0, 0.1) is 70.2 Å². The fourth-order valence-corrected chi connectivity index (χ4v) is 9.69. The van der Waals surface area contributed by atoms with Crippen LogP contribution in [0.1, 0.15) is 108 Å². The van der Waals surface area contributed by atoms with Crippen LogP contribution in [0.2, 0.25) is 0 Å². The Kier molecular flexibility index (Phi) is 24.1. The molecular weight excluding hydrogens is 935 g/mol. The Morgan fingerprint density at radius 1 is 0.364 bits per heavy atom. The van der Waals surface area contributed by atoms with Crippen molar-refractivity contribution in [2.45, 2.75) is 121 Å². The second-order valence-corrected chi connectivity index (χ2v) is 18.1. The number of hydrogen-bond acceptors (Lipinski definition) is 0. The summed E-state index contributed by atoms with van der Waals surface area (Å²) in [5, 5.41) is 5.57. The second kappa shape index (κ2) is 27.3. The Morgan fingerprint density at radius 3 is 0.864 bits per heavy atom. The van der Waals surface area contributed by atoms with Gasteiger partial charge in [-0.3, -0.25) is 0 Å². The van der Waals surface area contributed by atoms with Crippen molar-refractivity contribution in [2.24, 2.45) is 0 Å². The molecule has 0 amide bonds. The van der Waals surface area contributed by atoms with Crippen LogP contribution in [0.3, 0.4) is 0 Å². The Labute approximate surface area is 430 Å². The Morgan fingerprint density at radius 2 is 0.606 bits per heavy atom. The van der Waals surface area contributed by atoms with Gasteiger partial charge in [0.25, 0.3) is 0 Å². The Balaban J connectivity index is 0.000000413. The first kappa shape index (κ1) is 58.3. The van der Waals surface area contributed by atoms with E-state index >= 15 is 0 Å². The summed E-state index contributed by atoms with van der Waals surface area (Å²) in [6, 6.07) is 46.7. The van der Waals surface area contributed by atoms with Gasteiger partial charge in [0.05, 0.1) is 0 Å². The zero-order valence-corrected chi connectivity index (χ0v) is 47.1. The van der Waals surface area contributed by atoms with Gasteiger partial charge >= 0.3 is 30.2 Å². The van der Waals surface area contributed by atoms with Gasteiger partial charge in [0.15, 0.2) is 0 Å². The molecular formula is C62H74Cl2SiZr-4. The van der Waals surface area contributed by atoms with Gasteiger partial charge in [-0.2, -0.15) is 12.1 Å². The van der Waals surface area contributed by atoms with Crippen LogP contribution in [0.15, 0.2) is 121 Å². The number of hydrogen-bond donors (Lipinski definition) is 0. The van der Waals surface area contributed by atoms with Crippen LogP contribution < -0.4 is 0 Å². The molecule has 0 saturated heterocycles. The summed E-state index contributed by atoms with van der Waals surface area (Å²) in [5.74, 6) is 0. The maximum absolute atomic E-state index is 3.06. The Bertz CT molecular complexity index is 2350. The molecule has 8 aromatic carbocycles. The molecule has 0 aromatic heterocycles. The average Bonchev–Trinajstić information content (AvgIpc) is 3.85. The second-order valence-electron chi connectivity index (χ2n) is 18.1. The summed E-state index contributed by atoms with van der Waals surface area (Å²) < 4.78 is 0. The predicted octanol–water partition coefficient (Wildman–Crippen LogP) is 19.1. The van der Waals surface area contributed by atoms with Gasteiger partial charge < -0.3 is 14.9 Å². The number of benzene rings is 6. The van der Waals surface area contributed by atoms with E-state index in [1.165, 1.54) is 196 Å². The van der Waals surface area contributed by atoms with E-state index in [1.54, 1.807) is 0 Å². The summed E-state index contributed by atoms with van der Waals surface area (Å²) in [4.78, 5) is 0. The molecule has 0 fully saturated rings. The molecule has 0 nitrogen and oxygen atoms in total. The summed E-state index contributed by atoms with van der Waals surface area (Å²) >= 11 is 1.36. The van der Waals surface area contributed by atoms with Gasteiger partial charge in [-0.1, -0.05) is 227 Å². The number of rotatable bonds is 12. The summed E-state index contributed by atoms with van der Waals surface area (Å²) in [5.41, 5.74) is 24.3. The van der Waals surface area contributed by atoms with Crippen molar-refractivity contribution in [1.82, 2.24) is 0 Å². The van der Waals surface area contributed by atoms with Crippen molar-refractivity contribution < 1.29 is 23.3 Å². The zero-order chi connectivity index (χ0) is 44.5. The third-order valence-corrected chi connectivity index (χ3v) is 12.2. The minimum absolute atomic E-state index is 0. The van der Waals surface area contributed by atoms with Crippen molar-refractivity contribution in [3.05, 3.63) is 192 Å². The summed E-state index contributed by atoms with van der Waals surface area (Å²) in [7, 11) is 0. The molecule has 0 saturated carbocycles. The standard InChI is InChI=1S/2C30H33.2CH3.2ClH.Si.Zr/c2*1-6-7-8-9-24-18-29-27(25-14-20(2)12-21(3)15-25)10-11-28(30(29)19-24)26-16-22(4)13-23(5)17-26;;;;;;/h2*10-19H,6-9H2,1-5H3;2*1H3;2*1H;;/q4*-1;;;;. The van der Waals surface area contributed by atoms with Gasteiger partial charge in [-0.25, -0.2) is 0 Å². The first-order valence-electron chi connectivity index (χ1n) is 22.9. The van der Waals surface area contributed by atoms with Gasteiger partial charge in [-0.15, -0.1) is 69.6 Å². The third kappa shape index (κ3) is 14.6. The monoisotopic (exact) mass is 1010 g/mol. The molecule has 66 heavy (non-hydrogen) atoms. The van der Waals surface area contributed by atoms with Crippen LogP contribution in [0.5, 0.6) is 0 Å². The van der Waals surface area contributed by atoms with E-state index in [0.29, 0.717) is 0 Å². The molecule has 0 N–H and O–H groups in total. The molecule has 0 aliphatic rings. The van der Waals surface area contributed by atoms with Crippen molar-refractivity contribution in [1.29, 1.82) is 0 Å². The predicted molar refractivity (Wildman–Crippen MR) is 298 cm³/mol. The number of aryl methyl sites for hydroxylation is 10. The van der Waals surface area contributed by atoms with E-state index in [-0.39, 0.29) is 39.7 Å². The molecule has 0 aliphatic carbocycles. The molecule has 8 aromatic rings. The van der Waals surface area contributed by atoms with E-state index in [1.807, 2.05) is 0 Å². The van der Waals surface area contributed by atoms with Crippen molar-refractivity contribution in [3.63, 3.8) is 0 Å². The molecule has 0 atom stereocenters. The van der Waals surface area contributed by atoms with E-state index < -0.39 is 0 Å². The quantitative estimate of drug-likeness (QED) is 0.0650. The first-order valence-corrected chi connectivity index (χ1v) is 27.1. The average molecular weight is 1010 g/mol. The van der Waals surface area contributed by atoms with Gasteiger partial charge in [0, 0.05) is 0 Å². The summed E-state index contributed by atoms with van der Waals surface area (Å²) in [6.07, 6.45) is 10.0. The van der Waals surface area contributed by atoms with Gasteiger partial charge in [-0.05, 0) is 79.4 Å². The number of halogens is 2. The van der Waals surface area contributed by atoms with E-state index in [2.05, 4.69) is 197 Å². The number of unbranched alkanes of at least 4 members (excludes halogenated alkanes) is 4. The molecule has 8 rings (SSSR count). The maximum atomic E-state index is 3.06. The van der Waals surface area contributed by atoms with Crippen LogP contribution in [-0.2, 0) is 36.2 Å². The molecule has 0 bridgehead atoms. The molecule has 0 aliphatic heterocycles. The SMILES string of the molecule is CCCCCc1cc2c(-c3cc(C)cc(C)c3)ccc(-c3cc(C)cc(C)c3)c2[cH-]1.CCCCCc1cc2c(-c3cc(C)cc(C)c3)ccc(-c3cc(C)cc(C)c3)c2[cH-]1.Cl.Cl.[CH3-].[CH3-].[Si]=[Zr]. The fourth-order valence-electron chi connectivity index (χ4n) is 9.69. The van der Waals surface area contributed by atoms with Gasteiger partial charge in [0.1, 0.15) is 0 Å².